The van der Waals surface area contributed by atoms with Gasteiger partial charge in [0.1, 0.15) is 0 Å². The maximum Gasteiger partial charge on any atom is 0.257 e. The first-order chi connectivity index (χ1) is 11.6. The highest BCUT2D eigenvalue weighted by molar-refractivity contribution is 8.16. The summed E-state index contributed by atoms with van der Waals surface area (Å²) in [7, 11) is 0. The highest BCUT2D eigenvalue weighted by Crippen LogP contribution is 2.26. The second-order valence-corrected chi connectivity index (χ2v) is 6.01. The SMILES string of the molecule is CC(=O)Nc1cccc(C(=O)NC2=Nc3ccccc3C=CS2)c1. The van der Waals surface area contributed by atoms with Gasteiger partial charge in [0.2, 0.25) is 5.91 Å². The van der Waals surface area contributed by atoms with Crippen LogP contribution in [0.3, 0.4) is 0 Å². The first kappa shape index (κ1) is 16.0. The Morgan fingerprint density at radius 1 is 1.04 bits per heavy atom. The molecular formula is C18H15N3O2S. The molecule has 0 saturated heterocycles. The van der Waals surface area contributed by atoms with Gasteiger partial charge in [-0.15, -0.1) is 0 Å². The van der Waals surface area contributed by atoms with Gasteiger partial charge in [-0.25, -0.2) is 4.99 Å². The molecule has 2 N–H and O–H groups in total. The lowest BCUT2D eigenvalue weighted by Gasteiger charge is -2.08. The van der Waals surface area contributed by atoms with Crippen LogP contribution in [0.1, 0.15) is 22.8 Å². The van der Waals surface area contributed by atoms with E-state index in [-0.39, 0.29) is 11.8 Å². The zero-order valence-corrected chi connectivity index (χ0v) is 13.8. The van der Waals surface area contributed by atoms with Crippen molar-refractivity contribution in [3.63, 3.8) is 0 Å². The zero-order valence-electron chi connectivity index (χ0n) is 12.9. The second kappa shape index (κ2) is 7.14. The molecule has 0 saturated carbocycles. The first-order valence-corrected chi connectivity index (χ1v) is 8.20. The number of nitrogens with zero attached hydrogens (tertiary/aromatic N) is 1. The van der Waals surface area contributed by atoms with E-state index < -0.39 is 0 Å². The van der Waals surface area contributed by atoms with Gasteiger partial charge in [-0.2, -0.15) is 0 Å². The van der Waals surface area contributed by atoms with Crippen LogP contribution in [0.5, 0.6) is 0 Å². The molecule has 0 aromatic heterocycles. The summed E-state index contributed by atoms with van der Waals surface area (Å²) in [5.41, 5.74) is 2.84. The molecule has 1 aliphatic rings. The minimum Gasteiger partial charge on any atom is -0.326 e. The number of benzene rings is 2. The fourth-order valence-electron chi connectivity index (χ4n) is 2.21. The van der Waals surface area contributed by atoms with Crippen LogP contribution >= 0.6 is 11.8 Å². The standard InChI is InChI=1S/C18H15N3O2S/c1-12(22)19-15-7-4-6-14(11-15)17(23)21-18-20-16-8-3-2-5-13(16)9-10-24-18/h2-11H,1H3,(H,19,22)(H,20,21,23). The molecule has 0 spiro atoms. The predicted octanol–water partition coefficient (Wildman–Crippen LogP) is 3.78. The van der Waals surface area contributed by atoms with E-state index in [0.29, 0.717) is 16.4 Å². The molecule has 120 valence electrons. The number of amides is 2. The Balaban J connectivity index is 1.79. The van der Waals surface area contributed by atoms with Crippen molar-refractivity contribution in [2.24, 2.45) is 4.99 Å². The monoisotopic (exact) mass is 337 g/mol. The number of hydrogen-bond donors (Lipinski definition) is 2. The van der Waals surface area contributed by atoms with Gasteiger partial charge in [-0.05, 0) is 35.7 Å². The highest BCUT2D eigenvalue weighted by Gasteiger charge is 2.12. The molecule has 0 radical (unpaired) electrons. The molecule has 3 rings (SSSR count). The molecule has 1 aliphatic heterocycles. The van der Waals surface area contributed by atoms with Crippen molar-refractivity contribution in [2.45, 2.75) is 6.92 Å². The summed E-state index contributed by atoms with van der Waals surface area (Å²) in [5, 5.41) is 7.86. The normalized spacial score (nSPS) is 12.6. The lowest BCUT2D eigenvalue weighted by atomic mass is 10.2. The van der Waals surface area contributed by atoms with Crippen molar-refractivity contribution in [3.05, 3.63) is 65.1 Å². The molecular weight excluding hydrogens is 322 g/mol. The smallest absolute Gasteiger partial charge is 0.257 e. The van der Waals surface area contributed by atoms with Crippen LogP contribution in [0.4, 0.5) is 11.4 Å². The highest BCUT2D eigenvalue weighted by atomic mass is 32.2. The summed E-state index contributed by atoms with van der Waals surface area (Å²) in [5.74, 6) is -0.459. The van der Waals surface area contributed by atoms with Crippen LogP contribution in [0, 0.1) is 0 Å². The van der Waals surface area contributed by atoms with Crippen molar-refractivity contribution < 1.29 is 9.59 Å². The molecule has 2 aromatic carbocycles. The van der Waals surface area contributed by atoms with Crippen molar-refractivity contribution >= 4 is 46.2 Å². The maximum absolute atomic E-state index is 12.4. The number of amidine groups is 1. The largest absolute Gasteiger partial charge is 0.326 e. The van der Waals surface area contributed by atoms with Crippen LogP contribution in [0.25, 0.3) is 6.08 Å². The number of carbonyl (C=O) groups is 2. The van der Waals surface area contributed by atoms with Gasteiger partial charge in [0, 0.05) is 23.7 Å². The van der Waals surface area contributed by atoms with Crippen LogP contribution < -0.4 is 10.6 Å². The average molecular weight is 337 g/mol. The number of para-hydroxylation sites is 1. The first-order valence-electron chi connectivity index (χ1n) is 7.32. The molecule has 0 aliphatic carbocycles. The Hall–Kier alpha value is -2.86. The van der Waals surface area contributed by atoms with E-state index in [0.717, 1.165) is 11.3 Å². The van der Waals surface area contributed by atoms with Crippen LogP contribution in [-0.2, 0) is 4.79 Å². The summed E-state index contributed by atoms with van der Waals surface area (Å²) in [6.07, 6.45) is 1.96. The van der Waals surface area contributed by atoms with Gasteiger partial charge in [-0.1, -0.05) is 36.0 Å². The molecule has 2 aromatic rings. The fraction of sp³-hybridized carbons (Fsp3) is 0.0556. The van der Waals surface area contributed by atoms with Gasteiger partial charge in [0.15, 0.2) is 5.17 Å². The average Bonchev–Trinajstić information content (AvgIpc) is 2.76. The number of carbonyl (C=O) groups excluding carboxylic acids is 2. The Morgan fingerprint density at radius 3 is 2.71 bits per heavy atom. The lowest BCUT2D eigenvalue weighted by Crippen LogP contribution is -2.28. The minimum absolute atomic E-state index is 0.182. The van der Waals surface area contributed by atoms with Gasteiger partial charge in [0.05, 0.1) is 5.69 Å². The van der Waals surface area contributed by atoms with E-state index in [4.69, 9.17) is 0 Å². The number of aliphatic imine (C=N–C) groups is 1. The quantitative estimate of drug-likeness (QED) is 0.876. The molecule has 2 amide bonds. The number of anilines is 1. The fourth-order valence-corrected chi connectivity index (χ4v) is 2.85. The summed E-state index contributed by atoms with van der Waals surface area (Å²) >= 11 is 1.35. The third kappa shape index (κ3) is 3.91. The molecule has 0 fully saturated rings. The van der Waals surface area contributed by atoms with Gasteiger partial charge in [-0.3, -0.25) is 9.59 Å². The third-order valence-electron chi connectivity index (χ3n) is 3.25. The van der Waals surface area contributed by atoms with Crippen molar-refractivity contribution in [1.82, 2.24) is 5.32 Å². The van der Waals surface area contributed by atoms with E-state index in [1.54, 1.807) is 24.3 Å². The van der Waals surface area contributed by atoms with Crippen LogP contribution in [0.15, 0.2) is 58.9 Å². The Labute approximate surface area is 143 Å². The summed E-state index contributed by atoms with van der Waals surface area (Å²) < 4.78 is 0. The van der Waals surface area contributed by atoms with Gasteiger partial charge in [0.25, 0.3) is 5.91 Å². The van der Waals surface area contributed by atoms with E-state index in [1.165, 1.54) is 18.7 Å². The molecule has 0 atom stereocenters. The Bertz CT molecular complexity index is 859. The second-order valence-electron chi connectivity index (χ2n) is 5.11. The van der Waals surface area contributed by atoms with E-state index >= 15 is 0 Å². The number of rotatable bonds is 2. The molecule has 0 bridgehead atoms. The predicted molar refractivity (Wildman–Crippen MR) is 98.4 cm³/mol. The van der Waals surface area contributed by atoms with Crippen molar-refractivity contribution in [1.29, 1.82) is 0 Å². The van der Waals surface area contributed by atoms with E-state index in [9.17, 15) is 9.59 Å². The van der Waals surface area contributed by atoms with E-state index in [1.807, 2.05) is 35.7 Å². The molecule has 5 nitrogen and oxygen atoms in total. The molecule has 1 heterocycles. The lowest BCUT2D eigenvalue weighted by molar-refractivity contribution is -0.114. The minimum atomic E-state index is -0.277. The van der Waals surface area contributed by atoms with Gasteiger partial charge < -0.3 is 10.6 Å². The zero-order chi connectivity index (χ0) is 16.9. The number of hydrogen-bond acceptors (Lipinski definition) is 4. The Morgan fingerprint density at radius 2 is 1.88 bits per heavy atom. The van der Waals surface area contributed by atoms with Crippen molar-refractivity contribution in [3.8, 4) is 0 Å². The molecule has 6 heteroatoms. The Kier molecular flexibility index (Phi) is 4.77. The number of thioether (sulfide) groups is 1. The number of nitrogens with one attached hydrogen (secondary N) is 2. The topological polar surface area (TPSA) is 70.6 Å². The maximum atomic E-state index is 12.4. The van der Waals surface area contributed by atoms with Crippen molar-refractivity contribution in [2.75, 3.05) is 5.32 Å². The van der Waals surface area contributed by atoms with E-state index in [2.05, 4.69) is 15.6 Å². The molecule has 24 heavy (non-hydrogen) atoms. The summed E-state index contributed by atoms with van der Waals surface area (Å²) in [6, 6.07) is 14.5. The molecule has 0 unspecified atom stereocenters. The third-order valence-corrected chi connectivity index (χ3v) is 3.94. The van der Waals surface area contributed by atoms with Gasteiger partial charge >= 0.3 is 0 Å². The van der Waals surface area contributed by atoms with Crippen LogP contribution in [0.2, 0.25) is 0 Å². The van der Waals surface area contributed by atoms with Crippen LogP contribution in [-0.4, -0.2) is 17.0 Å². The summed E-state index contributed by atoms with van der Waals surface area (Å²) in [4.78, 5) is 28.0. The summed E-state index contributed by atoms with van der Waals surface area (Å²) in [6.45, 7) is 1.42. The number of fused-ring (bicyclic) bond motifs is 1.